The lowest BCUT2D eigenvalue weighted by Gasteiger charge is -2.33. The minimum Gasteiger partial charge on any atom is -0.478 e. The van der Waals surface area contributed by atoms with E-state index in [9.17, 15) is 28.8 Å². The zero-order valence-corrected chi connectivity index (χ0v) is 38.9. The van der Waals surface area contributed by atoms with Crippen LogP contribution in [-0.2, 0) is 51.3 Å². The van der Waals surface area contributed by atoms with Gasteiger partial charge in [-0.3, -0.25) is 0 Å². The third-order valence-electron chi connectivity index (χ3n) is 9.56. The molecule has 2 saturated heterocycles. The molecule has 2 aromatic heterocycles. The first kappa shape index (κ1) is 57.0. The lowest BCUT2D eigenvalue weighted by Crippen LogP contribution is -2.45. The van der Waals surface area contributed by atoms with Crippen LogP contribution in [0.4, 0.5) is 11.9 Å². The molecule has 6 rings (SSSR count). The number of imidazole rings is 2. The number of aliphatic carboxylic acids is 6. The molecule has 22 nitrogen and oxygen atoms in total. The molecular weight excluding hydrogens is 889 g/mol. The second-order valence-electron chi connectivity index (χ2n) is 14.9. The van der Waals surface area contributed by atoms with Crippen molar-refractivity contribution in [3.63, 3.8) is 0 Å². The van der Waals surface area contributed by atoms with Crippen LogP contribution in [0.15, 0.2) is 85.0 Å². The van der Waals surface area contributed by atoms with Gasteiger partial charge in [-0.2, -0.15) is 0 Å². The predicted molar refractivity (Wildman–Crippen MR) is 254 cm³/mol. The first-order valence-corrected chi connectivity index (χ1v) is 21.8. The summed E-state index contributed by atoms with van der Waals surface area (Å²) < 4.78 is 16.0. The van der Waals surface area contributed by atoms with Crippen molar-refractivity contribution in [3.8, 4) is 0 Å². The largest absolute Gasteiger partial charge is 0.478 e. The maximum absolute atomic E-state index is 9.55. The van der Waals surface area contributed by atoms with Gasteiger partial charge in [0.25, 0.3) is 0 Å². The minimum absolute atomic E-state index is 0.558. The lowest BCUT2D eigenvalue weighted by atomic mass is 10.3. The first-order valence-electron chi connectivity index (χ1n) is 21.8. The summed E-state index contributed by atoms with van der Waals surface area (Å²) in [6.07, 6.45) is 5.48. The number of piperazine rings is 2. The molecule has 0 amide bonds. The Kier molecular flexibility index (Phi) is 26.6. The van der Waals surface area contributed by atoms with Gasteiger partial charge in [-0.05, 0) is 51.2 Å². The molecule has 2 aliphatic rings. The van der Waals surface area contributed by atoms with E-state index >= 15 is 0 Å². The van der Waals surface area contributed by atoms with Gasteiger partial charge >= 0.3 is 35.8 Å². The molecule has 22 heteroatoms. The molecule has 2 aromatic carbocycles. The van der Waals surface area contributed by atoms with Crippen LogP contribution in [0.3, 0.4) is 0 Å². The summed E-state index contributed by atoms with van der Waals surface area (Å²) >= 11 is 0. The van der Waals surface area contributed by atoms with Gasteiger partial charge in [0, 0.05) is 115 Å². The minimum atomic E-state index is -1.26. The van der Waals surface area contributed by atoms with Gasteiger partial charge in [0.05, 0.1) is 35.3 Å². The number of anilines is 2. The van der Waals surface area contributed by atoms with Crippen LogP contribution in [-0.4, -0.2) is 188 Å². The van der Waals surface area contributed by atoms with Crippen molar-refractivity contribution in [3.05, 3.63) is 85.0 Å². The predicted octanol–water partition coefficient (Wildman–Crippen LogP) is 3.56. The standard InChI is InChI=1S/2C17H26N4O.3C4H4O4/c2*1-3-13-22-14-12-21-16-7-5-4-6-15(16)18-17(21)20-10-8-19(2)9-11-20;3*5-3(6)1-2-4(7)8/h2*4-7H,3,8-14H2,1-2H3;3*1-2H,(H,5,6)(H,7,8)/b;;3*2-1+. The van der Waals surface area contributed by atoms with E-state index in [2.05, 4.69) is 105 Å². The Hall–Kier alpha value is -7.14. The molecule has 0 atom stereocenters. The van der Waals surface area contributed by atoms with E-state index in [1.165, 1.54) is 11.0 Å². The molecule has 0 unspecified atom stereocenters. The SMILES string of the molecule is CCCOCCn1c(N2CCN(C)CC2)nc2ccccc21.CCCOCCn1c(N2CCN(C)CC2)nc2ccccc21.O=C(O)/C=C/C(=O)O.O=C(O)/C=C/C(=O)O.O=C(O)/C=C/C(=O)O. The normalized spacial score (nSPS) is 14.1. The number of carboxylic acids is 6. The highest BCUT2D eigenvalue weighted by Gasteiger charge is 2.22. The fraction of sp³-hybridized carbons (Fsp3) is 0.435. The highest BCUT2D eigenvalue weighted by Crippen LogP contribution is 2.25. The summed E-state index contributed by atoms with van der Waals surface area (Å²) in [5.74, 6) is -5.36. The lowest BCUT2D eigenvalue weighted by molar-refractivity contribution is -0.134. The van der Waals surface area contributed by atoms with Gasteiger partial charge in [-0.25, -0.2) is 38.7 Å². The van der Waals surface area contributed by atoms with E-state index in [0.29, 0.717) is 36.5 Å². The molecule has 372 valence electrons. The summed E-state index contributed by atoms with van der Waals surface area (Å²) in [6, 6.07) is 16.8. The van der Waals surface area contributed by atoms with Crippen molar-refractivity contribution in [2.75, 3.05) is 103 Å². The van der Waals surface area contributed by atoms with Crippen molar-refractivity contribution >= 4 is 69.8 Å². The highest BCUT2D eigenvalue weighted by atomic mass is 16.5. The number of para-hydroxylation sites is 4. The summed E-state index contributed by atoms with van der Waals surface area (Å²) in [6.45, 7) is 17.7. The van der Waals surface area contributed by atoms with E-state index in [0.717, 1.165) is 128 Å². The molecule has 0 spiro atoms. The third-order valence-corrected chi connectivity index (χ3v) is 9.56. The molecule has 2 fully saturated rings. The van der Waals surface area contributed by atoms with Crippen LogP contribution in [0.1, 0.15) is 26.7 Å². The molecule has 2 aliphatic heterocycles. The number of carbonyl (C=O) groups is 6. The van der Waals surface area contributed by atoms with Gasteiger partial charge in [0.1, 0.15) is 0 Å². The number of hydrogen-bond acceptors (Lipinski definition) is 14. The Morgan fingerprint density at radius 2 is 0.750 bits per heavy atom. The molecule has 68 heavy (non-hydrogen) atoms. The smallest absolute Gasteiger partial charge is 0.328 e. The maximum Gasteiger partial charge on any atom is 0.328 e. The molecule has 6 N–H and O–H groups in total. The average molecular weight is 953 g/mol. The van der Waals surface area contributed by atoms with Crippen LogP contribution in [0.2, 0.25) is 0 Å². The van der Waals surface area contributed by atoms with Crippen molar-refractivity contribution < 1.29 is 68.9 Å². The van der Waals surface area contributed by atoms with Crippen LogP contribution in [0.25, 0.3) is 22.1 Å². The summed E-state index contributed by atoms with van der Waals surface area (Å²) in [7, 11) is 4.36. The van der Waals surface area contributed by atoms with Gasteiger partial charge in [-0.1, -0.05) is 38.1 Å². The van der Waals surface area contributed by atoms with Gasteiger partial charge in [-0.15, -0.1) is 0 Å². The third kappa shape index (κ3) is 22.4. The zero-order valence-electron chi connectivity index (χ0n) is 38.9. The first-order chi connectivity index (χ1) is 32.5. The van der Waals surface area contributed by atoms with Crippen molar-refractivity contribution in [2.45, 2.75) is 39.8 Å². The Morgan fingerprint density at radius 3 is 1.01 bits per heavy atom. The van der Waals surface area contributed by atoms with E-state index in [-0.39, 0.29) is 0 Å². The van der Waals surface area contributed by atoms with E-state index < -0.39 is 35.8 Å². The van der Waals surface area contributed by atoms with Gasteiger partial charge < -0.3 is 68.8 Å². The summed E-state index contributed by atoms with van der Waals surface area (Å²) in [5.41, 5.74) is 4.56. The molecule has 0 bridgehead atoms. The Morgan fingerprint density at radius 1 is 0.471 bits per heavy atom. The van der Waals surface area contributed by atoms with Gasteiger partial charge in [0.2, 0.25) is 11.9 Å². The molecule has 0 radical (unpaired) electrons. The summed E-state index contributed by atoms with van der Waals surface area (Å²) in [4.78, 5) is 76.6. The molecule has 4 heterocycles. The zero-order chi connectivity index (χ0) is 50.4. The Labute approximate surface area is 394 Å². The second-order valence-corrected chi connectivity index (χ2v) is 14.9. The second kappa shape index (κ2) is 31.7. The molecule has 0 aliphatic carbocycles. The summed E-state index contributed by atoms with van der Waals surface area (Å²) in [5, 5.41) is 46.9. The fourth-order valence-corrected chi connectivity index (χ4v) is 6.29. The van der Waals surface area contributed by atoms with E-state index in [4.69, 9.17) is 50.1 Å². The number of rotatable bonds is 18. The van der Waals surface area contributed by atoms with E-state index in [1.54, 1.807) is 0 Å². The average Bonchev–Trinajstić information content (AvgIpc) is 3.87. The van der Waals surface area contributed by atoms with Crippen molar-refractivity contribution in [2.24, 2.45) is 0 Å². The molecule has 0 saturated carbocycles. The number of carboxylic acid groups (broad SMARTS) is 6. The Bertz CT molecular complexity index is 2050. The van der Waals surface area contributed by atoms with Crippen LogP contribution in [0.5, 0.6) is 0 Å². The number of ether oxygens (including phenoxy) is 2. The molecule has 4 aromatic rings. The monoisotopic (exact) mass is 952 g/mol. The number of nitrogens with zero attached hydrogens (tertiary/aromatic N) is 8. The Balaban J connectivity index is 0.000000320. The highest BCUT2D eigenvalue weighted by molar-refractivity contribution is 5.90. The number of hydrogen-bond donors (Lipinski definition) is 6. The van der Waals surface area contributed by atoms with Crippen LogP contribution >= 0.6 is 0 Å². The van der Waals surface area contributed by atoms with Crippen molar-refractivity contribution in [1.82, 2.24) is 28.9 Å². The fourth-order valence-electron chi connectivity index (χ4n) is 6.29. The number of aromatic nitrogens is 4. The number of likely N-dealkylation sites (N-methyl/N-ethyl adjacent to an activating group) is 2. The van der Waals surface area contributed by atoms with Crippen LogP contribution in [0, 0.1) is 0 Å². The van der Waals surface area contributed by atoms with Gasteiger partial charge in [0.15, 0.2) is 0 Å². The van der Waals surface area contributed by atoms with Crippen molar-refractivity contribution in [1.29, 1.82) is 0 Å². The topological polar surface area (TPSA) is 291 Å². The maximum atomic E-state index is 9.55. The number of benzene rings is 2. The quantitative estimate of drug-likeness (QED) is 0.0614. The molecular formula is C46H64N8O14. The van der Waals surface area contributed by atoms with Crippen LogP contribution < -0.4 is 9.80 Å². The number of fused-ring (bicyclic) bond motifs is 2. The van der Waals surface area contributed by atoms with E-state index in [1.807, 2.05) is 0 Å².